The quantitative estimate of drug-likeness (QED) is 0.911. The Balaban J connectivity index is 1.71. The molecular weight excluding hydrogens is 238 g/mol. The van der Waals surface area contributed by atoms with Crippen molar-refractivity contribution in [2.24, 2.45) is 0 Å². The lowest BCUT2D eigenvalue weighted by Gasteiger charge is -2.14. The maximum atomic E-state index is 5.59. The number of benzene rings is 1. The summed E-state index contributed by atoms with van der Waals surface area (Å²) in [5.41, 5.74) is 2.79. The number of hydrogen-bond acceptors (Lipinski definition) is 3. The third-order valence-corrected chi connectivity index (χ3v) is 3.75. The average Bonchev–Trinajstić information content (AvgIpc) is 3.02. The molecule has 1 N–H and O–H groups in total. The van der Waals surface area contributed by atoms with Crippen LogP contribution in [0.2, 0.25) is 0 Å². The van der Waals surface area contributed by atoms with Crippen molar-refractivity contribution in [2.45, 2.75) is 32.4 Å². The maximum Gasteiger partial charge on any atom is 0.119 e. The lowest BCUT2D eigenvalue weighted by atomic mass is 10.1. The summed E-state index contributed by atoms with van der Waals surface area (Å²) < 4.78 is 10.9. The molecule has 1 atom stereocenters. The number of hydrogen-bond donors (Lipinski definition) is 1. The van der Waals surface area contributed by atoms with Crippen LogP contribution in [0.3, 0.4) is 0 Å². The van der Waals surface area contributed by atoms with Gasteiger partial charge in [0.15, 0.2) is 0 Å². The molecule has 3 rings (SSSR count). The van der Waals surface area contributed by atoms with Crippen LogP contribution in [-0.4, -0.2) is 7.11 Å². The topological polar surface area (TPSA) is 34.4 Å². The van der Waals surface area contributed by atoms with Gasteiger partial charge in [-0.2, -0.15) is 0 Å². The largest absolute Gasteiger partial charge is 0.497 e. The Labute approximate surface area is 113 Å². The zero-order valence-corrected chi connectivity index (χ0v) is 11.4. The predicted molar refractivity (Wildman–Crippen MR) is 74.3 cm³/mol. The first-order valence-corrected chi connectivity index (χ1v) is 6.72. The van der Waals surface area contributed by atoms with Crippen molar-refractivity contribution in [2.75, 3.05) is 7.11 Å². The summed E-state index contributed by atoms with van der Waals surface area (Å²) in [6, 6.07) is 10.8. The molecule has 100 valence electrons. The molecule has 2 aromatic rings. The molecule has 0 bridgehead atoms. The smallest absolute Gasteiger partial charge is 0.119 e. The second-order valence-corrected chi connectivity index (χ2v) is 5.05. The Kier molecular flexibility index (Phi) is 3.30. The summed E-state index contributed by atoms with van der Waals surface area (Å²) in [6.45, 7) is 2.74. The van der Waals surface area contributed by atoms with Gasteiger partial charge in [0.25, 0.3) is 0 Å². The third kappa shape index (κ3) is 2.51. The van der Waals surface area contributed by atoms with Crippen LogP contribution in [-0.2, 0) is 13.0 Å². The van der Waals surface area contributed by atoms with Crippen LogP contribution in [0.4, 0.5) is 0 Å². The molecule has 0 saturated heterocycles. The minimum atomic E-state index is 0.399. The molecule has 1 aromatic heterocycles. The van der Waals surface area contributed by atoms with Gasteiger partial charge in [-0.3, -0.25) is 0 Å². The molecule has 0 fully saturated rings. The highest BCUT2D eigenvalue weighted by molar-refractivity contribution is 5.40. The average molecular weight is 257 g/mol. The summed E-state index contributed by atoms with van der Waals surface area (Å²) in [7, 11) is 1.71. The Morgan fingerprint density at radius 3 is 2.95 bits per heavy atom. The fraction of sp³-hybridized carbons (Fsp3) is 0.375. The van der Waals surface area contributed by atoms with E-state index in [1.807, 2.05) is 25.1 Å². The first kappa shape index (κ1) is 12.3. The van der Waals surface area contributed by atoms with Crippen LogP contribution >= 0.6 is 0 Å². The van der Waals surface area contributed by atoms with Gasteiger partial charge in [-0.25, -0.2) is 0 Å². The molecule has 1 aromatic carbocycles. The number of rotatable bonds is 4. The van der Waals surface area contributed by atoms with Crippen molar-refractivity contribution in [3.8, 4) is 5.75 Å². The zero-order valence-electron chi connectivity index (χ0n) is 11.4. The Morgan fingerprint density at radius 2 is 2.21 bits per heavy atom. The van der Waals surface area contributed by atoms with Crippen molar-refractivity contribution in [3.63, 3.8) is 0 Å². The van der Waals surface area contributed by atoms with E-state index in [1.54, 1.807) is 7.11 Å². The molecule has 19 heavy (non-hydrogen) atoms. The van der Waals surface area contributed by atoms with Crippen molar-refractivity contribution in [1.29, 1.82) is 0 Å². The van der Waals surface area contributed by atoms with Gasteiger partial charge < -0.3 is 14.5 Å². The number of aryl methyl sites for hydroxylation is 2. The first-order valence-electron chi connectivity index (χ1n) is 6.72. The Hall–Kier alpha value is -1.74. The van der Waals surface area contributed by atoms with E-state index < -0.39 is 0 Å². The number of furan rings is 1. The SMILES string of the molecule is COc1ccc2c(c1)C(NCc1ccc(C)o1)CC2. The third-order valence-electron chi connectivity index (χ3n) is 3.75. The van der Waals surface area contributed by atoms with Gasteiger partial charge in [0, 0.05) is 6.04 Å². The predicted octanol–water partition coefficient (Wildman–Crippen LogP) is 3.37. The van der Waals surface area contributed by atoms with Crippen molar-refractivity contribution >= 4 is 0 Å². The van der Waals surface area contributed by atoms with E-state index in [4.69, 9.17) is 9.15 Å². The van der Waals surface area contributed by atoms with Crippen molar-refractivity contribution in [1.82, 2.24) is 5.32 Å². The summed E-state index contributed by atoms with van der Waals surface area (Å²) >= 11 is 0. The second-order valence-electron chi connectivity index (χ2n) is 5.05. The van der Waals surface area contributed by atoms with Gasteiger partial charge in [0.2, 0.25) is 0 Å². The highest BCUT2D eigenvalue weighted by atomic mass is 16.5. The van der Waals surface area contributed by atoms with Gasteiger partial charge in [-0.05, 0) is 55.2 Å². The van der Waals surface area contributed by atoms with E-state index in [-0.39, 0.29) is 0 Å². The summed E-state index contributed by atoms with van der Waals surface area (Å²) in [5.74, 6) is 2.89. The monoisotopic (exact) mass is 257 g/mol. The molecule has 1 aliphatic carbocycles. The molecule has 0 aliphatic heterocycles. The van der Waals surface area contributed by atoms with Crippen LogP contribution in [0.25, 0.3) is 0 Å². The molecule has 0 spiro atoms. The fourth-order valence-electron chi connectivity index (χ4n) is 2.72. The first-order chi connectivity index (χ1) is 9.26. The van der Waals surface area contributed by atoms with Crippen LogP contribution < -0.4 is 10.1 Å². The van der Waals surface area contributed by atoms with E-state index in [2.05, 4.69) is 17.4 Å². The molecule has 3 heteroatoms. The molecule has 1 aliphatic rings. The van der Waals surface area contributed by atoms with Crippen molar-refractivity contribution in [3.05, 3.63) is 53.0 Å². The normalized spacial score (nSPS) is 17.5. The fourth-order valence-corrected chi connectivity index (χ4v) is 2.72. The maximum absolute atomic E-state index is 5.59. The molecule has 0 saturated carbocycles. The highest BCUT2D eigenvalue weighted by Crippen LogP contribution is 2.33. The molecule has 1 heterocycles. The minimum Gasteiger partial charge on any atom is -0.497 e. The van der Waals surface area contributed by atoms with Gasteiger partial charge in [0.05, 0.1) is 13.7 Å². The highest BCUT2D eigenvalue weighted by Gasteiger charge is 2.22. The summed E-state index contributed by atoms with van der Waals surface area (Å²) in [5, 5.41) is 3.57. The van der Waals surface area contributed by atoms with E-state index in [0.717, 1.165) is 36.7 Å². The molecule has 1 unspecified atom stereocenters. The van der Waals surface area contributed by atoms with E-state index in [1.165, 1.54) is 11.1 Å². The number of nitrogens with one attached hydrogen (secondary N) is 1. The van der Waals surface area contributed by atoms with E-state index in [0.29, 0.717) is 6.04 Å². The van der Waals surface area contributed by atoms with Crippen LogP contribution in [0.1, 0.15) is 35.1 Å². The van der Waals surface area contributed by atoms with Gasteiger partial charge in [-0.15, -0.1) is 0 Å². The number of fused-ring (bicyclic) bond motifs is 1. The summed E-state index contributed by atoms with van der Waals surface area (Å²) in [4.78, 5) is 0. The standard InChI is InChI=1S/C16H19NO2/c1-11-3-6-14(19-11)10-17-16-8-5-12-4-7-13(18-2)9-15(12)16/h3-4,6-7,9,16-17H,5,8,10H2,1-2H3. The van der Waals surface area contributed by atoms with Crippen LogP contribution in [0.5, 0.6) is 5.75 Å². The zero-order chi connectivity index (χ0) is 13.2. The van der Waals surface area contributed by atoms with Gasteiger partial charge in [0.1, 0.15) is 17.3 Å². The van der Waals surface area contributed by atoms with E-state index in [9.17, 15) is 0 Å². The molecule has 0 radical (unpaired) electrons. The van der Waals surface area contributed by atoms with Gasteiger partial charge in [-0.1, -0.05) is 6.07 Å². The number of ether oxygens (including phenoxy) is 1. The summed E-state index contributed by atoms with van der Waals surface area (Å²) in [6.07, 6.45) is 2.27. The Morgan fingerprint density at radius 1 is 1.32 bits per heavy atom. The van der Waals surface area contributed by atoms with Crippen LogP contribution in [0.15, 0.2) is 34.7 Å². The van der Waals surface area contributed by atoms with Crippen molar-refractivity contribution < 1.29 is 9.15 Å². The molecular formula is C16H19NO2. The molecule has 3 nitrogen and oxygen atoms in total. The lowest BCUT2D eigenvalue weighted by molar-refractivity contribution is 0.412. The van der Waals surface area contributed by atoms with E-state index >= 15 is 0 Å². The lowest BCUT2D eigenvalue weighted by Crippen LogP contribution is -2.18. The second kappa shape index (κ2) is 5.10. The number of methoxy groups -OCH3 is 1. The Bertz CT molecular complexity index is 574. The molecule has 0 amide bonds. The van der Waals surface area contributed by atoms with Crippen LogP contribution in [0, 0.1) is 6.92 Å². The van der Waals surface area contributed by atoms with Gasteiger partial charge >= 0.3 is 0 Å². The minimum absolute atomic E-state index is 0.399.